The fourth-order valence-electron chi connectivity index (χ4n) is 5.20. The number of fused-ring (bicyclic) bond motifs is 1. The van der Waals surface area contributed by atoms with E-state index in [1.807, 2.05) is 10.9 Å². The lowest BCUT2D eigenvalue weighted by Crippen LogP contribution is -2.30. The van der Waals surface area contributed by atoms with Gasteiger partial charge in [-0.3, -0.25) is 9.67 Å². The van der Waals surface area contributed by atoms with Crippen LogP contribution in [0.3, 0.4) is 0 Å². The number of hydrogen-bond donors (Lipinski definition) is 2. The Morgan fingerprint density at radius 3 is 2.55 bits per heavy atom. The normalized spacial score (nSPS) is 14.7. The Bertz CT molecular complexity index is 1830. The lowest BCUT2D eigenvalue weighted by molar-refractivity contribution is 0.125. The van der Waals surface area contributed by atoms with Crippen molar-refractivity contribution in [2.45, 2.75) is 38.8 Å². The van der Waals surface area contributed by atoms with Crippen LogP contribution >= 0.6 is 11.6 Å². The fraction of sp³-hybridized carbons (Fsp3) is 0.233. The summed E-state index contributed by atoms with van der Waals surface area (Å²) in [6.45, 7) is 2.98. The zero-order valence-corrected chi connectivity index (χ0v) is 23.1. The van der Waals surface area contributed by atoms with Gasteiger partial charge in [0.1, 0.15) is 17.6 Å². The lowest BCUT2D eigenvalue weighted by atomic mass is 9.70. The highest BCUT2D eigenvalue weighted by molar-refractivity contribution is 6.36. The van der Waals surface area contributed by atoms with Gasteiger partial charge in [-0.15, -0.1) is 5.10 Å². The summed E-state index contributed by atoms with van der Waals surface area (Å²) in [5.74, 6) is -2.75. The van der Waals surface area contributed by atoms with Gasteiger partial charge in [0.25, 0.3) is 0 Å². The second-order valence-corrected chi connectivity index (χ2v) is 11.2. The number of halogens is 4. The fourth-order valence-corrected chi connectivity index (χ4v) is 5.47. The molecule has 12 heteroatoms. The summed E-state index contributed by atoms with van der Waals surface area (Å²) in [5, 5.41) is 25.7. The predicted molar refractivity (Wildman–Crippen MR) is 153 cm³/mol. The number of nitrogens with zero attached hydrogens (tertiary/aromatic N) is 6. The van der Waals surface area contributed by atoms with Gasteiger partial charge in [0.15, 0.2) is 5.82 Å². The molecule has 3 heterocycles. The van der Waals surface area contributed by atoms with Crippen LogP contribution in [0.4, 0.5) is 30.2 Å². The van der Waals surface area contributed by atoms with Gasteiger partial charge in [0.2, 0.25) is 5.95 Å². The van der Waals surface area contributed by atoms with Crippen molar-refractivity contribution >= 4 is 39.6 Å². The molecule has 2 N–H and O–H groups in total. The molecule has 1 saturated carbocycles. The molecule has 2 aromatic carbocycles. The number of pyridine rings is 2. The van der Waals surface area contributed by atoms with E-state index in [0.717, 1.165) is 37.2 Å². The van der Waals surface area contributed by atoms with Crippen molar-refractivity contribution in [2.75, 3.05) is 10.6 Å². The maximum Gasteiger partial charge on any atom is 0.249 e. The molecule has 42 heavy (non-hydrogen) atoms. The largest absolute Gasteiger partial charge is 0.373 e. The van der Waals surface area contributed by atoms with Crippen LogP contribution in [0.25, 0.3) is 10.9 Å². The molecule has 1 atom stereocenters. The minimum atomic E-state index is -1.24. The quantitative estimate of drug-likeness (QED) is 0.183. The van der Waals surface area contributed by atoms with Gasteiger partial charge in [-0.25, -0.2) is 13.8 Å². The first-order chi connectivity index (χ1) is 20.2. The molecule has 1 aliphatic carbocycles. The van der Waals surface area contributed by atoms with E-state index in [4.69, 9.17) is 11.6 Å². The smallest absolute Gasteiger partial charge is 0.249 e. The van der Waals surface area contributed by atoms with Gasteiger partial charge in [-0.1, -0.05) is 42.3 Å². The molecular formula is C30H24ClF3N8. The molecule has 6 rings (SSSR count). The van der Waals surface area contributed by atoms with Crippen LogP contribution in [-0.2, 0) is 6.54 Å². The Morgan fingerprint density at radius 1 is 1.07 bits per heavy atom. The lowest BCUT2D eigenvalue weighted by Gasteiger charge is -2.37. The minimum absolute atomic E-state index is 0.133. The molecule has 8 nitrogen and oxygen atoms in total. The first-order valence-corrected chi connectivity index (χ1v) is 13.6. The minimum Gasteiger partial charge on any atom is -0.373 e. The number of hydrogen-bond acceptors (Lipinski definition) is 7. The molecule has 0 spiro atoms. The maximum absolute atomic E-state index is 13.9. The van der Waals surface area contributed by atoms with Crippen LogP contribution in [0.5, 0.6) is 0 Å². The third-order valence-electron chi connectivity index (χ3n) is 7.58. The van der Waals surface area contributed by atoms with E-state index < -0.39 is 17.8 Å². The van der Waals surface area contributed by atoms with Crippen molar-refractivity contribution < 1.29 is 13.2 Å². The molecule has 1 fully saturated rings. The summed E-state index contributed by atoms with van der Waals surface area (Å²) >= 11 is 6.66. The third kappa shape index (κ3) is 5.45. The van der Waals surface area contributed by atoms with Crippen LogP contribution in [0.1, 0.15) is 49.0 Å². The molecule has 0 amide bonds. The van der Waals surface area contributed by atoms with E-state index in [0.29, 0.717) is 28.0 Å². The number of anilines is 3. The van der Waals surface area contributed by atoms with Gasteiger partial charge in [0.05, 0.1) is 45.9 Å². The predicted octanol–water partition coefficient (Wildman–Crippen LogP) is 7.30. The summed E-state index contributed by atoms with van der Waals surface area (Å²) in [6.07, 6.45) is 7.81. The van der Waals surface area contributed by atoms with Crippen LogP contribution in [0, 0.1) is 34.3 Å². The summed E-state index contributed by atoms with van der Waals surface area (Å²) in [5.41, 5.74) is 3.06. The second-order valence-electron chi connectivity index (χ2n) is 10.8. The molecule has 1 aliphatic rings. The highest BCUT2D eigenvalue weighted by Crippen LogP contribution is 2.42. The van der Waals surface area contributed by atoms with Crippen molar-refractivity contribution in [3.05, 3.63) is 100 Å². The van der Waals surface area contributed by atoms with Crippen LogP contribution < -0.4 is 10.6 Å². The van der Waals surface area contributed by atoms with Crippen molar-refractivity contribution in [1.29, 1.82) is 5.26 Å². The third-order valence-corrected chi connectivity index (χ3v) is 7.87. The van der Waals surface area contributed by atoms with Crippen molar-refractivity contribution in [3.8, 4) is 6.07 Å². The summed E-state index contributed by atoms with van der Waals surface area (Å²) in [4.78, 5) is 7.75. The van der Waals surface area contributed by atoms with E-state index in [1.54, 1.807) is 24.3 Å². The summed E-state index contributed by atoms with van der Waals surface area (Å²) in [6, 6.07) is 12.0. The SMILES string of the molecule is CC1(Cn2cc([C@@H](Nc3cc(Cl)c4ncc(C#N)c(Nc5cnc(F)c(F)c5)c4c3)c3ccc(F)cc3)nn2)CCC1. The number of nitriles is 1. The van der Waals surface area contributed by atoms with Gasteiger partial charge >= 0.3 is 0 Å². The van der Waals surface area contributed by atoms with Crippen LogP contribution in [0.2, 0.25) is 5.02 Å². The molecule has 212 valence electrons. The Kier molecular flexibility index (Phi) is 7.16. The van der Waals surface area contributed by atoms with Crippen LogP contribution in [-0.4, -0.2) is 25.0 Å². The Balaban J connectivity index is 1.40. The Labute approximate surface area is 244 Å². The molecule has 3 aromatic heterocycles. The van der Waals surface area contributed by atoms with Crippen molar-refractivity contribution in [2.24, 2.45) is 5.41 Å². The van der Waals surface area contributed by atoms with E-state index in [2.05, 4.69) is 43.9 Å². The van der Waals surface area contributed by atoms with E-state index in [1.165, 1.54) is 24.8 Å². The Hall–Kier alpha value is -4.69. The van der Waals surface area contributed by atoms with E-state index in [9.17, 15) is 18.4 Å². The molecule has 0 radical (unpaired) electrons. The van der Waals surface area contributed by atoms with Crippen molar-refractivity contribution in [3.63, 3.8) is 0 Å². The second kappa shape index (κ2) is 10.9. The molecule has 5 aromatic rings. The van der Waals surface area contributed by atoms with E-state index in [-0.39, 0.29) is 27.5 Å². The topological polar surface area (TPSA) is 104 Å². The summed E-state index contributed by atoms with van der Waals surface area (Å²) < 4.78 is 43.0. The zero-order valence-electron chi connectivity index (χ0n) is 22.4. The molecule has 0 saturated heterocycles. The van der Waals surface area contributed by atoms with Gasteiger partial charge in [-0.05, 0) is 48.1 Å². The van der Waals surface area contributed by atoms with Gasteiger partial charge < -0.3 is 10.6 Å². The average molecular weight is 589 g/mol. The van der Waals surface area contributed by atoms with Crippen molar-refractivity contribution in [1.82, 2.24) is 25.0 Å². The molecule has 0 bridgehead atoms. The zero-order chi connectivity index (χ0) is 29.4. The highest BCUT2D eigenvalue weighted by atomic mass is 35.5. The number of nitrogens with one attached hydrogen (secondary N) is 2. The number of aromatic nitrogens is 5. The molecule has 0 unspecified atom stereocenters. The summed E-state index contributed by atoms with van der Waals surface area (Å²) in [7, 11) is 0. The maximum atomic E-state index is 13.9. The number of benzene rings is 2. The van der Waals surface area contributed by atoms with E-state index >= 15 is 0 Å². The standard InChI is InChI=1S/C30H24ClF3N8/c1-30(7-2-8-30)16-42-15-25(40-41-42)27(17-3-5-19(32)6-4-17)38-20-9-22-26(39-21-11-24(33)29(34)37-14-21)18(12-35)13-36-28(22)23(31)10-20/h3-6,9-11,13-15,27,38H,2,7-8,16H2,1H3,(H,36,39)/t27-/m0/s1. The van der Waals surface area contributed by atoms with Crippen LogP contribution in [0.15, 0.2) is 61.1 Å². The average Bonchev–Trinajstić information content (AvgIpc) is 3.41. The van der Waals surface area contributed by atoms with Gasteiger partial charge in [0, 0.05) is 29.9 Å². The molecular weight excluding hydrogens is 565 g/mol. The Morgan fingerprint density at radius 2 is 1.86 bits per heavy atom. The first kappa shape index (κ1) is 27.5. The van der Waals surface area contributed by atoms with Gasteiger partial charge in [-0.2, -0.15) is 9.65 Å². The number of rotatable bonds is 8. The highest BCUT2D eigenvalue weighted by Gasteiger charge is 2.33. The monoisotopic (exact) mass is 588 g/mol. The first-order valence-electron chi connectivity index (χ1n) is 13.2. The molecule has 0 aliphatic heterocycles.